The number of benzene rings is 1. The predicted molar refractivity (Wildman–Crippen MR) is 120 cm³/mol. The van der Waals surface area contributed by atoms with E-state index in [9.17, 15) is 14.4 Å². The Labute approximate surface area is 185 Å². The first-order chi connectivity index (χ1) is 14.8. The van der Waals surface area contributed by atoms with Gasteiger partial charge in [0.2, 0.25) is 17.7 Å². The SMILES string of the molecule is CN[C@@H](C)C(=O)N[C@H](C(=O)N1CCC2CCC(NC(=O)Cc3ccccc3)C21)C(C)C. The number of nitrogens with zero attached hydrogens (tertiary/aromatic N) is 1. The molecule has 3 amide bonds. The lowest BCUT2D eigenvalue weighted by Crippen LogP contribution is -2.58. The van der Waals surface area contributed by atoms with E-state index in [0.717, 1.165) is 24.8 Å². The molecule has 170 valence electrons. The molecular formula is C24H36N4O3. The van der Waals surface area contributed by atoms with Crippen molar-refractivity contribution in [3.05, 3.63) is 35.9 Å². The number of amides is 3. The first kappa shape index (κ1) is 23.3. The highest BCUT2D eigenvalue weighted by Crippen LogP contribution is 2.38. The van der Waals surface area contributed by atoms with E-state index in [1.165, 1.54) is 0 Å². The molecule has 2 fully saturated rings. The van der Waals surface area contributed by atoms with Crippen LogP contribution in [0.3, 0.4) is 0 Å². The second-order valence-electron chi connectivity index (χ2n) is 9.23. The fraction of sp³-hybridized carbons (Fsp3) is 0.625. The van der Waals surface area contributed by atoms with Crippen molar-refractivity contribution in [3.8, 4) is 0 Å². The van der Waals surface area contributed by atoms with Crippen LogP contribution >= 0.6 is 0 Å². The lowest BCUT2D eigenvalue weighted by atomic mass is 9.99. The molecule has 1 heterocycles. The Kier molecular flexibility index (Phi) is 7.70. The zero-order chi connectivity index (χ0) is 22.5. The van der Waals surface area contributed by atoms with E-state index in [-0.39, 0.29) is 41.8 Å². The van der Waals surface area contributed by atoms with Crippen molar-refractivity contribution in [2.45, 2.75) is 70.6 Å². The third-order valence-corrected chi connectivity index (χ3v) is 6.74. The number of fused-ring (bicyclic) bond motifs is 1. The van der Waals surface area contributed by atoms with E-state index in [0.29, 0.717) is 18.9 Å². The van der Waals surface area contributed by atoms with Gasteiger partial charge in [0.25, 0.3) is 0 Å². The standard InChI is InChI=1S/C24H36N4O3/c1-15(2)21(27-23(30)16(3)25-4)24(31)28-13-12-18-10-11-19(22(18)28)26-20(29)14-17-8-6-5-7-9-17/h5-9,15-16,18-19,21-22,25H,10-14H2,1-4H3,(H,26,29)(H,27,30)/t16-,18?,19?,21-,22?/m0/s1. The number of rotatable bonds is 8. The number of likely N-dealkylation sites (tertiary alicyclic amines) is 1. The highest BCUT2D eigenvalue weighted by Gasteiger charge is 2.48. The van der Waals surface area contributed by atoms with Crippen LogP contribution in [0.1, 0.15) is 45.6 Å². The molecule has 2 aliphatic rings. The van der Waals surface area contributed by atoms with Crippen LogP contribution in [0.5, 0.6) is 0 Å². The highest BCUT2D eigenvalue weighted by molar-refractivity contribution is 5.90. The normalized spacial score (nSPS) is 24.5. The van der Waals surface area contributed by atoms with Crippen molar-refractivity contribution in [2.24, 2.45) is 11.8 Å². The fourth-order valence-electron chi connectivity index (χ4n) is 4.86. The Hall–Kier alpha value is -2.41. The molecule has 1 aromatic carbocycles. The van der Waals surface area contributed by atoms with E-state index in [4.69, 9.17) is 0 Å². The molecule has 1 aromatic rings. The molecule has 3 unspecified atom stereocenters. The van der Waals surface area contributed by atoms with Crippen molar-refractivity contribution in [1.82, 2.24) is 20.9 Å². The van der Waals surface area contributed by atoms with Gasteiger partial charge in [-0.2, -0.15) is 0 Å². The molecule has 7 heteroatoms. The number of hydrogen-bond acceptors (Lipinski definition) is 4. The zero-order valence-corrected chi connectivity index (χ0v) is 19.1. The molecule has 0 spiro atoms. The van der Waals surface area contributed by atoms with Crippen LogP contribution in [0.4, 0.5) is 0 Å². The third kappa shape index (κ3) is 5.45. The maximum atomic E-state index is 13.5. The maximum absolute atomic E-state index is 13.5. The molecule has 1 aliphatic heterocycles. The van der Waals surface area contributed by atoms with E-state index in [1.54, 1.807) is 14.0 Å². The summed E-state index contributed by atoms with van der Waals surface area (Å²) in [7, 11) is 1.72. The molecule has 0 aromatic heterocycles. The molecular weight excluding hydrogens is 392 g/mol. The van der Waals surface area contributed by atoms with Crippen molar-refractivity contribution >= 4 is 17.7 Å². The Balaban J connectivity index is 1.67. The van der Waals surface area contributed by atoms with Crippen LogP contribution < -0.4 is 16.0 Å². The first-order valence-corrected chi connectivity index (χ1v) is 11.4. The van der Waals surface area contributed by atoms with Gasteiger partial charge in [0.1, 0.15) is 6.04 Å². The number of carbonyl (C=O) groups excluding carboxylic acids is 3. The molecule has 0 bridgehead atoms. The van der Waals surface area contributed by atoms with Crippen molar-refractivity contribution in [1.29, 1.82) is 0 Å². The largest absolute Gasteiger partial charge is 0.351 e. The quantitative estimate of drug-likeness (QED) is 0.585. The fourth-order valence-corrected chi connectivity index (χ4v) is 4.86. The number of nitrogens with one attached hydrogen (secondary N) is 3. The van der Waals surface area contributed by atoms with Crippen LogP contribution in [-0.4, -0.2) is 60.4 Å². The molecule has 1 saturated carbocycles. The smallest absolute Gasteiger partial charge is 0.245 e. The summed E-state index contributed by atoms with van der Waals surface area (Å²) in [6, 6.07) is 8.74. The van der Waals surface area contributed by atoms with Crippen molar-refractivity contribution in [2.75, 3.05) is 13.6 Å². The number of likely N-dealkylation sites (N-methyl/N-ethyl adjacent to an activating group) is 1. The Morgan fingerprint density at radius 1 is 1.06 bits per heavy atom. The summed E-state index contributed by atoms with van der Waals surface area (Å²) in [5.41, 5.74) is 0.982. The molecule has 1 saturated heterocycles. The zero-order valence-electron chi connectivity index (χ0n) is 19.1. The summed E-state index contributed by atoms with van der Waals surface area (Å²) in [5.74, 6) is 0.165. The van der Waals surface area contributed by atoms with Gasteiger partial charge in [-0.1, -0.05) is 44.2 Å². The van der Waals surface area contributed by atoms with Crippen LogP contribution in [0.15, 0.2) is 30.3 Å². The van der Waals surface area contributed by atoms with Gasteiger partial charge in [-0.15, -0.1) is 0 Å². The van der Waals surface area contributed by atoms with Crippen molar-refractivity contribution in [3.63, 3.8) is 0 Å². The summed E-state index contributed by atoms with van der Waals surface area (Å²) in [6.07, 6.45) is 3.19. The summed E-state index contributed by atoms with van der Waals surface area (Å²) < 4.78 is 0. The van der Waals surface area contributed by atoms with Gasteiger partial charge >= 0.3 is 0 Å². The second-order valence-corrected chi connectivity index (χ2v) is 9.23. The van der Waals surface area contributed by atoms with Gasteiger partial charge in [0.05, 0.1) is 18.5 Å². The Morgan fingerprint density at radius 2 is 1.77 bits per heavy atom. The predicted octanol–water partition coefficient (Wildman–Crippen LogP) is 1.47. The minimum absolute atomic E-state index is 0.00657. The van der Waals surface area contributed by atoms with Crippen molar-refractivity contribution < 1.29 is 14.4 Å². The molecule has 1 aliphatic carbocycles. The van der Waals surface area contributed by atoms with E-state index in [2.05, 4.69) is 16.0 Å². The second kappa shape index (κ2) is 10.3. The topological polar surface area (TPSA) is 90.5 Å². The minimum Gasteiger partial charge on any atom is -0.351 e. The number of hydrogen-bond donors (Lipinski definition) is 3. The molecule has 0 radical (unpaired) electrons. The van der Waals surface area contributed by atoms with Gasteiger partial charge in [0, 0.05) is 12.6 Å². The van der Waals surface area contributed by atoms with Crippen LogP contribution in [0.25, 0.3) is 0 Å². The summed E-state index contributed by atoms with van der Waals surface area (Å²) in [4.78, 5) is 40.5. The average Bonchev–Trinajstić information content (AvgIpc) is 3.34. The molecule has 31 heavy (non-hydrogen) atoms. The summed E-state index contributed by atoms with van der Waals surface area (Å²) in [6.45, 7) is 6.36. The summed E-state index contributed by atoms with van der Waals surface area (Å²) in [5, 5.41) is 9.04. The van der Waals surface area contributed by atoms with E-state index < -0.39 is 6.04 Å². The van der Waals surface area contributed by atoms with E-state index >= 15 is 0 Å². The molecule has 3 N–H and O–H groups in total. The third-order valence-electron chi connectivity index (χ3n) is 6.74. The average molecular weight is 429 g/mol. The maximum Gasteiger partial charge on any atom is 0.245 e. The lowest BCUT2D eigenvalue weighted by Gasteiger charge is -2.34. The number of carbonyl (C=O) groups is 3. The minimum atomic E-state index is -0.566. The van der Waals surface area contributed by atoms with Gasteiger partial charge in [-0.25, -0.2) is 0 Å². The molecule has 5 atom stereocenters. The monoisotopic (exact) mass is 428 g/mol. The van der Waals surface area contributed by atoms with Gasteiger partial charge in [-0.3, -0.25) is 14.4 Å². The lowest BCUT2D eigenvalue weighted by molar-refractivity contribution is -0.139. The highest BCUT2D eigenvalue weighted by atomic mass is 16.2. The molecule has 3 rings (SSSR count). The Morgan fingerprint density at radius 3 is 2.42 bits per heavy atom. The summed E-state index contributed by atoms with van der Waals surface area (Å²) >= 11 is 0. The van der Waals surface area contributed by atoms with E-state index in [1.807, 2.05) is 49.1 Å². The Bertz CT molecular complexity index is 782. The van der Waals surface area contributed by atoms with Gasteiger partial charge in [-0.05, 0) is 50.6 Å². The molecule has 7 nitrogen and oxygen atoms in total. The van der Waals surface area contributed by atoms with Crippen LogP contribution in [0, 0.1) is 11.8 Å². The van der Waals surface area contributed by atoms with Gasteiger partial charge in [0.15, 0.2) is 0 Å². The first-order valence-electron chi connectivity index (χ1n) is 11.4. The van der Waals surface area contributed by atoms with Crippen LogP contribution in [-0.2, 0) is 20.8 Å². The van der Waals surface area contributed by atoms with Gasteiger partial charge < -0.3 is 20.9 Å². The van der Waals surface area contributed by atoms with Crippen LogP contribution in [0.2, 0.25) is 0 Å².